The van der Waals surface area contributed by atoms with E-state index in [0.29, 0.717) is 23.1 Å². The van der Waals surface area contributed by atoms with E-state index in [-0.39, 0.29) is 5.91 Å². The largest absolute Gasteiger partial charge is 0.384 e. The summed E-state index contributed by atoms with van der Waals surface area (Å²) < 4.78 is 5.16. The topological polar surface area (TPSA) is 42.4 Å². The molecule has 1 amide bonds. The minimum atomic E-state index is -0.0334. The summed E-state index contributed by atoms with van der Waals surface area (Å²) in [6.07, 6.45) is 5.24. The zero-order valence-electron chi connectivity index (χ0n) is 10.4. The highest BCUT2D eigenvalue weighted by Gasteiger charge is 2.25. The van der Waals surface area contributed by atoms with Gasteiger partial charge in [-0.3, -0.25) is 9.78 Å². The molecule has 2 heterocycles. The molecule has 0 saturated carbocycles. The average molecular weight is 269 g/mol. The summed E-state index contributed by atoms with van der Waals surface area (Å²) in [6, 6.07) is 1.64. The van der Waals surface area contributed by atoms with Crippen LogP contribution in [0.15, 0.2) is 18.5 Å². The van der Waals surface area contributed by atoms with Crippen LogP contribution in [0.5, 0.6) is 0 Å². The standard InChI is InChI=1S/C13H17ClN2O2/c1-18-9-10-3-2-6-16(8-10)13(17)11-7-15-5-4-12(11)14/h4-5,7,10H,2-3,6,8-9H2,1H3. The van der Waals surface area contributed by atoms with Gasteiger partial charge < -0.3 is 9.64 Å². The van der Waals surface area contributed by atoms with E-state index in [1.807, 2.05) is 4.90 Å². The molecule has 98 valence electrons. The van der Waals surface area contributed by atoms with Crippen LogP contribution in [0.2, 0.25) is 5.02 Å². The lowest BCUT2D eigenvalue weighted by atomic mass is 9.98. The van der Waals surface area contributed by atoms with Gasteiger partial charge in [0, 0.05) is 32.6 Å². The summed E-state index contributed by atoms with van der Waals surface area (Å²) in [5.41, 5.74) is 0.484. The van der Waals surface area contributed by atoms with Crippen LogP contribution in [0, 0.1) is 5.92 Å². The van der Waals surface area contributed by atoms with Crippen LogP contribution >= 0.6 is 11.6 Å². The molecule has 18 heavy (non-hydrogen) atoms. The van der Waals surface area contributed by atoms with Crippen LogP contribution in [0.1, 0.15) is 23.2 Å². The van der Waals surface area contributed by atoms with E-state index in [2.05, 4.69) is 4.98 Å². The Balaban J connectivity index is 2.07. The van der Waals surface area contributed by atoms with Gasteiger partial charge in [0.25, 0.3) is 5.91 Å². The second-order valence-electron chi connectivity index (χ2n) is 4.57. The van der Waals surface area contributed by atoms with Crippen molar-refractivity contribution in [1.82, 2.24) is 9.88 Å². The fraction of sp³-hybridized carbons (Fsp3) is 0.538. The Bertz CT molecular complexity index is 423. The number of hydrogen-bond acceptors (Lipinski definition) is 3. The lowest BCUT2D eigenvalue weighted by Crippen LogP contribution is -2.41. The highest BCUT2D eigenvalue weighted by Crippen LogP contribution is 2.21. The number of piperidine rings is 1. The zero-order chi connectivity index (χ0) is 13.0. The number of nitrogens with zero attached hydrogens (tertiary/aromatic N) is 2. The lowest BCUT2D eigenvalue weighted by molar-refractivity contribution is 0.0570. The number of carbonyl (C=O) groups excluding carboxylic acids is 1. The van der Waals surface area contributed by atoms with E-state index in [0.717, 1.165) is 25.9 Å². The van der Waals surface area contributed by atoms with Crippen molar-refractivity contribution in [2.45, 2.75) is 12.8 Å². The van der Waals surface area contributed by atoms with E-state index in [1.165, 1.54) is 6.20 Å². The number of methoxy groups -OCH3 is 1. The Morgan fingerprint density at radius 2 is 2.50 bits per heavy atom. The van der Waals surface area contributed by atoms with Gasteiger partial charge in [-0.05, 0) is 24.8 Å². The van der Waals surface area contributed by atoms with Crippen molar-refractivity contribution in [2.75, 3.05) is 26.8 Å². The summed E-state index contributed by atoms with van der Waals surface area (Å²) in [5.74, 6) is 0.386. The smallest absolute Gasteiger partial charge is 0.256 e. The number of aromatic nitrogens is 1. The molecule has 0 aliphatic carbocycles. The first-order valence-electron chi connectivity index (χ1n) is 6.10. The molecule has 4 nitrogen and oxygen atoms in total. The molecule has 1 saturated heterocycles. The second-order valence-corrected chi connectivity index (χ2v) is 4.98. The first kappa shape index (κ1) is 13.3. The fourth-order valence-corrected chi connectivity index (χ4v) is 2.51. The highest BCUT2D eigenvalue weighted by molar-refractivity contribution is 6.33. The molecule has 0 radical (unpaired) electrons. The van der Waals surface area contributed by atoms with Crippen molar-refractivity contribution >= 4 is 17.5 Å². The number of amides is 1. The number of halogens is 1. The summed E-state index contributed by atoms with van der Waals surface area (Å²) >= 11 is 6.02. The summed E-state index contributed by atoms with van der Waals surface area (Å²) in [5, 5.41) is 0.462. The first-order chi connectivity index (χ1) is 8.72. The molecule has 1 aliphatic rings. The SMILES string of the molecule is COCC1CCCN(C(=O)c2cnccc2Cl)C1. The van der Waals surface area contributed by atoms with Gasteiger partial charge in [0.05, 0.1) is 17.2 Å². The molecule has 0 bridgehead atoms. The van der Waals surface area contributed by atoms with Crippen LogP contribution in [-0.4, -0.2) is 42.6 Å². The molecule has 1 fully saturated rings. The number of ether oxygens (including phenoxy) is 1. The molecule has 2 rings (SSSR count). The van der Waals surface area contributed by atoms with E-state index >= 15 is 0 Å². The minimum Gasteiger partial charge on any atom is -0.384 e. The van der Waals surface area contributed by atoms with Crippen molar-refractivity contribution in [3.05, 3.63) is 29.0 Å². The van der Waals surface area contributed by atoms with Crippen molar-refractivity contribution < 1.29 is 9.53 Å². The van der Waals surface area contributed by atoms with Gasteiger partial charge in [-0.25, -0.2) is 0 Å². The van der Waals surface area contributed by atoms with Crippen LogP contribution in [-0.2, 0) is 4.74 Å². The number of hydrogen-bond donors (Lipinski definition) is 0. The first-order valence-corrected chi connectivity index (χ1v) is 6.48. The normalized spacial score (nSPS) is 19.9. The number of rotatable bonds is 3. The molecular weight excluding hydrogens is 252 g/mol. The molecule has 1 aromatic rings. The Labute approximate surface area is 112 Å². The monoisotopic (exact) mass is 268 g/mol. The quantitative estimate of drug-likeness (QED) is 0.844. The predicted octanol–water partition coefficient (Wildman–Crippen LogP) is 2.23. The zero-order valence-corrected chi connectivity index (χ0v) is 11.2. The second kappa shape index (κ2) is 6.16. The summed E-state index contributed by atoms with van der Waals surface area (Å²) in [4.78, 5) is 18.1. The molecule has 0 spiro atoms. The van der Waals surface area contributed by atoms with Gasteiger partial charge in [0.1, 0.15) is 0 Å². The Morgan fingerprint density at radius 1 is 1.67 bits per heavy atom. The van der Waals surface area contributed by atoms with Crippen LogP contribution in [0.25, 0.3) is 0 Å². The lowest BCUT2D eigenvalue weighted by Gasteiger charge is -2.32. The van der Waals surface area contributed by atoms with Gasteiger partial charge in [-0.15, -0.1) is 0 Å². The van der Waals surface area contributed by atoms with Gasteiger partial charge in [0.2, 0.25) is 0 Å². The maximum atomic E-state index is 12.3. The van der Waals surface area contributed by atoms with E-state index in [4.69, 9.17) is 16.3 Å². The molecule has 0 aromatic carbocycles. The number of likely N-dealkylation sites (tertiary alicyclic amines) is 1. The maximum Gasteiger partial charge on any atom is 0.256 e. The Kier molecular flexibility index (Phi) is 4.55. The van der Waals surface area contributed by atoms with Gasteiger partial charge in [-0.2, -0.15) is 0 Å². The minimum absolute atomic E-state index is 0.0334. The number of carbonyl (C=O) groups is 1. The molecule has 1 aliphatic heterocycles. The van der Waals surface area contributed by atoms with Crippen LogP contribution in [0.4, 0.5) is 0 Å². The number of pyridine rings is 1. The molecule has 1 atom stereocenters. The third kappa shape index (κ3) is 3.00. The van der Waals surface area contributed by atoms with Gasteiger partial charge >= 0.3 is 0 Å². The maximum absolute atomic E-state index is 12.3. The van der Waals surface area contributed by atoms with Gasteiger partial charge in [0.15, 0.2) is 0 Å². The van der Waals surface area contributed by atoms with E-state index in [9.17, 15) is 4.79 Å². The molecule has 0 N–H and O–H groups in total. The molecule has 1 unspecified atom stereocenters. The Morgan fingerprint density at radius 3 is 3.22 bits per heavy atom. The Hall–Kier alpha value is -1.13. The summed E-state index contributed by atoms with van der Waals surface area (Å²) in [6.45, 7) is 2.21. The van der Waals surface area contributed by atoms with Crippen molar-refractivity contribution in [3.8, 4) is 0 Å². The van der Waals surface area contributed by atoms with Crippen LogP contribution in [0.3, 0.4) is 0 Å². The average Bonchev–Trinajstić information content (AvgIpc) is 2.39. The van der Waals surface area contributed by atoms with E-state index < -0.39 is 0 Å². The fourth-order valence-electron chi connectivity index (χ4n) is 2.33. The molecular formula is C13H17ClN2O2. The van der Waals surface area contributed by atoms with Crippen molar-refractivity contribution in [3.63, 3.8) is 0 Å². The van der Waals surface area contributed by atoms with Crippen molar-refractivity contribution in [1.29, 1.82) is 0 Å². The predicted molar refractivity (Wildman–Crippen MR) is 69.8 cm³/mol. The third-order valence-electron chi connectivity index (χ3n) is 3.21. The van der Waals surface area contributed by atoms with Crippen molar-refractivity contribution in [2.24, 2.45) is 5.92 Å². The summed E-state index contributed by atoms with van der Waals surface area (Å²) in [7, 11) is 1.69. The molecule has 5 heteroatoms. The van der Waals surface area contributed by atoms with Gasteiger partial charge in [-0.1, -0.05) is 11.6 Å². The molecule has 1 aromatic heterocycles. The van der Waals surface area contributed by atoms with E-state index in [1.54, 1.807) is 19.4 Å². The highest BCUT2D eigenvalue weighted by atomic mass is 35.5. The third-order valence-corrected chi connectivity index (χ3v) is 3.54. The van der Waals surface area contributed by atoms with Crippen LogP contribution < -0.4 is 0 Å².